The summed E-state index contributed by atoms with van der Waals surface area (Å²) in [6.45, 7) is 6.13. The Bertz CT molecular complexity index is 889. The van der Waals surface area contributed by atoms with Gasteiger partial charge in [0.2, 0.25) is 5.13 Å². The third kappa shape index (κ3) is 3.86. The molecule has 1 aliphatic heterocycles. The van der Waals surface area contributed by atoms with Crippen molar-refractivity contribution in [3.8, 4) is 5.75 Å². The molecule has 0 unspecified atom stereocenters. The summed E-state index contributed by atoms with van der Waals surface area (Å²) in [5.41, 5.74) is 0.842. The zero-order chi connectivity index (χ0) is 18.5. The molecule has 1 aromatic carbocycles. The number of nitrogens with zero attached hydrogens (tertiary/aromatic N) is 4. The average molecular weight is 387 g/mol. The lowest BCUT2D eigenvalue weighted by Gasteiger charge is -2.11. The number of benzene rings is 1. The number of hydrogen-bond donors (Lipinski definition) is 0. The van der Waals surface area contributed by atoms with Crippen LogP contribution in [0.2, 0.25) is 0 Å². The van der Waals surface area contributed by atoms with Gasteiger partial charge in [-0.2, -0.15) is 4.99 Å². The van der Waals surface area contributed by atoms with Gasteiger partial charge >= 0.3 is 0 Å². The minimum absolute atomic E-state index is 0.111. The molecule has 0 N–H and O–H groups in total. The lowest BCUT2D eigenvalue weighted by atomic mass is 10.2. The van der Waals surface area contributed by atoms with E-state index in [1.807, 2.05) is 37.3 Å². The van der Waals surface area contributed by atoms with E-state index < -0.39 is 0 Å². The Labute approximate surface area is 160 Å². The number of thioether (sulfide) groups is 1. The van der Waals surface area contributed by atoms with Gasteiger partial charge in [-0.3, -0.25) is 9.69 Å². The Balaban J connectivity index is 1.95. The second-order valence-corrected chi connectivity index (χ2v) is 7.33. The molecule has 8 heteroatoms. The third-order valence-electron chi connectivity index (χ3n) is 3.58. The monoisotopic (exact) mass is 386 g/mol. The number of para-hydroxylation sites is 1. The topological polar surface area (TPSA) is 67.7 Å². The molecule has 1 aromatic heterocycles. The molecular formula is C18H18N4O2S2. The Morgan fingerprint density at radius 2 is 2.15 bits per heavy atom. The van der Waals surface area contributed by atoms with E-state index >= 15 is 0 Å². The van der Waals surface area contributed by atoms with E-state index in [0.29, 0.717) is 27.5 Å². The van der Waals surface area contributed by atoms with Crippen molar-refractivity contribution in [2.45, 2.75) is 13.3 Å². The van der Waals surface area contributed by atoms with Crippen molar-refractivity contribution in [3.05, 3.63) is 52.4 Å². The predicted molar refractivity (Wildman–Crippen MR) is 107 cm³/mol. The van der Waals surface area contributed by atoms with Gasteiger partial charge in [-0.05, 0) is 30.3 Å². The minimum Gasteiger partial charge on any atom is -0.496 e. The number of ether oxygens (including phenoxy) is 1. The molecule has 0 bridgehead atoms. The number of hydrogen-bond acceptors (Lipinski definition) is 7. The summed E-state index contributed by atoms with van der Waals surface area (Å²) in [6, 6.07) is 7.57. The van der Waals surface area contributed by atoms with Gasteiger partial charge in [-0.1, -0.05) is 42.5 Å². The van der Waals surface area contributed by atoms with Crippen molar-refractivity contribution in [2.75, 3.05) is 13.7 Å². The van der Waals surface area contributed by atoms with Crippen LogP contribution in [0.1, 0.15) is 17.5 Å². The van der Waals surface area contributed by atoms with Gasteiger partial charge in [0.1, 0.15) is 10.8 Å². The maximum Gasteiger partial charge on any atom is 0.267 e. The highest BCUT2D eigenvalue weighted by Crippen LogP contribution is 2.35. The van der Waals surface area contributed by atoms with Gasteiger partial charge in [0.15, 0.2) is 5.17 Å². The zero-order valence-electron chi connectivity index (χ0n) is 14.5. The van der Waals surface area contributed by atoms with Crippen LogP contribution in [0.5, 0.6) is 5.75 Å². The molecule has 0 atom stereocenters. The fourth-order valence-electron chi connectivity index (χ4n) is 2.32. The van der Waals surface area contributed by atoms with Crippen LogP contribution in [0.3, 0.4) is 0 Å². The molecule has 0 spiro atoms. The average Bonchev–Trinajstić information content (AvgIpc) is 3.22. The smallest absolute Gasteiger partial charge is 0.267 e. The highest BCUT2D eigenvalue weighted by Gasteiger charge is 2.33. The maximum absolute atomic E-state index is 12.8. The third-order valence-corrected chi connectivity index (χ3v) is 5.54. The lowest BCUT2D eigenvalue weighted by molar-refractivity contribution is -0.121. The molecule has 2 heterocycles. The molecule has 3 rings (SSSR count). The molecule has 1 saturated heterocycles. The van der Waals surface area contributed by atoms with Gasteiger partial charge in [-0.25, -0.2) is 0 Å². The molecule has 0 saturated carbocycles. The molecule has 26 heavy (non-hydrogen) atoms. The number of amidine groups is 1. The number of rotatable bonds is 6. The number of aromatic nitrogens is 2. The first-order valence-corrected chi connectivity index (χ1v) is 9.66. The zero-order valence-corrected chi connectivity index (χ0v) is 16.1. The van der Waals surface area contributed by atoms with Crippen LogP contribution in [0.25, 0.3) is 6.08 Å². The van der Waals surface area contributed by atoms with Crippen LogP contribution in [0, 0.1) is 0 Å². The summed E-state index contributed by atoms with van der Waals surface area (Å²) in [6.07, 6.45) is 4.31. The highest BCUT2D eigenvalue weighted by molar-refractivity contribution is 8.18. The summed E-state index contributed by atoms with van der Waals surface area (Å²) >= 11 is 2.74. The number of carbonyl (C=O) groups is 1. The quantitative estimate of drug-likeness (QED) is 0.556. The van der Waals surface area contributed by atoms with E-state index in [2.05, 4.69) is 21.8 Å². The Morgan fingerprint density at radius 1 is 1.35 bits per heavy atom. The van der Waals surface area contributed by atoms with Crippen molar-refractivity contribution < 1.29 is 9.53 Å². The second kappa shape index (κ2) is 8.29. The van der Waals surface area contributed by atoms with Gasteiger partial charge in [-0.15, -0.1) is 16.8 Å². The van der Waals surface area contributed by atoms with Crippen LogP contribution in [-0.4, -0.2) is 39.8 Å². The Kier molecular flexibility index (Phi) is 5.85. The molecule has 134 valence electrons. The standard InChI is InChI=1S/C18H18N4O2S2/c1-4-10-22-16(23)14(11-12-8-6-7-9-13(12)24-3)25-18(22)19-17-21-20-15(5-2)26-17/h4,6-9,11H,1,5,10H2,2-3H3/b14-11+,19-18?. The van der Waals surface area contributed by atoms with E-state index in [1.165, 1.54) is 23.1 Å². The van der Waals surface area contributed by atoms with Crippen LogP contribution in [0.4, 0.5) is 5.13 Å². The first-order valence-electron chi connectivity index (χ1n) is 8.02. The number of amides is 1. The van der Waals surface area contributed by atoms with E-state index in [9.17, 15) is 4.79 Å². The largest absolute Gasteiger partial charge is 0.496 e. The highest BCUT2D eigenvalue weighted by atomic mass is 32.2. The molecule has 1 fully saturated rings. The normalized spacial score (nSPS) is 17.3. The van der Waals surface area contributed by atoms with E-state index in [4.69, 9.17) is 4.74 Å². The first-order chi connectivity index (χ1) is 12.7. The summed E-state index contributed by atoms with van der Waals surface area (Å²) in [5, 5.41) is 10.2. The first kappa shape index (κ1) is 18.3. The molecule has 0 aliphatic carbocycles. The molecule has 1 amide bonds. The molecule has 6 nitrogen and oxygen atoms in total. The van der Waals surface area contributed by atoms with Crippen molar-refractivity contribution >= 4 is 45.4 Å². The predicted octanol–water partition coefficient (Wildman–Crippen LogP) is 3.90. The number of carbonyl (C=O) groups excluding carboxylic acids is 1. The Morgan fingerprint density at radius 3 is 2.85 bits per heavy atom. The second-order valence-electron chi connectivity index (χ2n) is 5.28. The van der Waals surface area contributed by atoms with Crippen LogP contribution in [0.15, 0.2) is 46.8 Å². The van der Waals surface area contributed by atoms with E-state index in [1.54, 1.807) is 18.1 Å². The summed E-state index contributed by atoms with van der Waals surface area (Å²) in [7, 11) is 1.61. The number of methoxy groups -OCH3 is 1. The van der Waals surface area contributed by atoms with Crippen molar-refractivity contribution in [2.24, 2.45) is 4.99 Å². The molecular weight excluding hydrogens is 368 g/mol. The Hall–Kier alpha value is -2.45. The van der Waals surface area contributed by atoms with Crippen molar-refractivity contribution in [1.82, 2.24) is 15.1 Å². The summed E-state index contributed by atoms with van der Waals surface area (Å²) in [4.78, 5) is 19.5. The molecule has 2 aromatic rings. The van der Waals surface area contributed by atoms with Gasteiger partial charge in [0, 0.05) is 12.1 Å². The molecule has 0 radical (unpaired) electrons. The van der Waals surface area contributed by atoms with Gasteiger partial charge < -0.3 is 4.74 Å². The molecule has 1 aliphatic rings. The maximum atomic E-state index is 12.8. The lowest BCUT2D eigenvalue weighted by Crippen LogP contribution is -2.29. The van der Waals surface area contributed by atoms with Crippen LogP contribution >= 0.6 is 23.1 Å². The fourth-order valence-corrected chi connectivity index (χ4v) is 4.01. The van der Waals surface area contributed by atoms with E-state index in [0.717, 1.165) is 17.0 Å². The fraction of sp³-hybridized carbons (Fsp3) is 0.222. The van der Waals surface area contributed by atoms with Crippen molar-refractivity contribution in [3.63, 3.8) is 0 Å². The van der Waals surface area contributed by atoms with Crippen LogP contribution in [-0.2, 0) is 11.2 Å². The summed E-state index contributed by atoms with van der Waals surface area (Å²) in [5.74, 6) is 0.602. The van der Waals surface area contributed by atoms with Crippen LogP contribution < -0.4 is 4.74 Å². The van der Waals surface area contributed by atoms with E-state index in [-0.39, 0.29) is 5.91 Å². The number of aliphatic imine (C=N–C) groups is 1. The SMILES string of the molecule is C=CCN1C(=O)/C(=C\c2ccccc2OC)SC1=Nc1nnc(CC)s1. The van der Waals surface area contributed by atoms with Crippen molar-refractivity contribution in [1.29, 1.82) is 0 Å². The minimum atomic E-state index is -0.111. The summed E-state index contributed by atoms with van der Waals surface area (Å²) < 4.78 is 5.36. The van der Waals surface area contributed by atoms with Gasteiger partial charge in [0.05, 0.1) is 12.0 Å². The van der Waals surface area contributed by atoms with Gasteiger partial charge in [0.25, 0.3) is 5.91 Å². The number of aryl methyl sites for hydroxylation is 1.